The fourth-order valence-corrected chi connectivity index (χ4v) is 2.48. The molecule has 0 radical (unpaired) electrons. The molecule has 2 rings (SSSR count). The molecule has 0 saturated carbocycles. The number of rotatable bonds is 5. The molecule has 0 aliphatic rings. The maximum atomic E-state index is 10.1. The molecule has 0 bridgehead atoms. The van der Waals surface area contributed by atoms with Crippen molar-refractivity contribution in [2.45, 2.75) is 32.9 Å². The van der Waals surface area contributed by atoms with Gasteiger partial charge in [-0.3, -0.25) is 0 Å². The zero-order valence-electron chi connectivity index (χ0n) is 10.2. The second-order valence-corrected chi connectivity index (χ2v) is 5.28. The highest BCUT2D eigenvalue weighted by atomic mass is 32.1. The number of aliphatic hydroxyl groups excluding tert-OH is 1. The minimum absolute atomic E-state index is 0.312. The van der Waals surface area contributed by atoms with Gasteiger partial charge in [0.25, 0.3) is 0 Å². The lowest BCUT2D eigenvalue weighted by atomic mass is 10.0. The van der Waals surface area contributed by atoms with E-state index in [0.29, 0.717) is 12.5 Å². The highest BCUT2D eigenvalue weighted by Gasteiger charge is 2.15. The molecular weight excluding hydrogens is 232 g/mol. The van der Waals surface area contributed by atoms with E-state index in [2.05, 4.69) is 24.9 Å². The number of thiophene rings is 1. The number of hydrogen-bond acceptors (Lipinski definition) is 3. The summed E-state index contributed by atoms with van der Waals surface area (Å²) in [4.78, 5) is 5.50. The van der Waals surface area contributed by atoms with Crippen molar-refractivity contribution >= 4 is 11.3 Å². The zero-order chi connectivity index (χ0) is 12.3. The molecule has 4 heteroatoms. The average molecular weight is 250 g/mol. The second-order valence-electron chi connectivity index (χ2n) is 4.33. The molecule has 17 heavy (non-hydrogen) atoms. The van der Waals surface area contributed by atoms with Gasteiger partial charge in [-0.05, 0) is 17.4 Å². The molecule has 0 aliphatic heterocycles. The first kappa shape index (κ1) is 12.3. The van der Waals surface area contributed by atoms with Gasteiger partial charge in [-0.25, -0.2) is 4.98 Å². The largest absolute Gasteiger partial charge is 0.391 e. The Labute approximate surface area is 106 Å². The third-order valence-electron chi connectivity index (χ3n) is 3.14. The van der Waals surface area contributed by atoms with E-state index in [9.17, 15) is 5.11 Å². The van der Waals surface area contributed by atoms with Crippen LogP contribution in [0.25, 0.3) is 10.7 Å². The molecule has 2 heterocycles. The number of nitrogens with zero attached hydrogens (tertiary/aromatic N) is 2. The third kappa shape index (κ3) is 2.76. The molecule has 92 valence electrons. The van der Waals surface area contributed by atoms with E-state index in [1.807, 2.05) is 22.2 Å². The minimum Gasteiger partial charge on any atom is -0.391 e. The van der Waals surface area contributed by atoms with Crippen LogP contribution in [0, 0.1) is 5.92 Å². The van der Waals surface area contributed by atoms with E-state index in [1.165, 1.54) is 0 Å². The average Bonchev–Trinajstić information content (AvgIpc) is 2.97. The van der Waals surface area contributed by atoms with Crippen molar-refractivity contribution in [3.63, 3.8) is 0 Å². The minimum atomic E-state index is -0.312. The number of hydrogen-bond donors (Lipinski definition) is 1. The maximum absolute atomic E-state index is 10.1. The summed E-state index contributed by atoms with van der Waals surface area (Å²) in [5.41, 5.74) is 0. The molecule has 2 atom stereocenters. The molecule has 0 aromatic carbocycles. The van der Waals surface area contributed by atoms with Crippen LogP contribution >= 0.6 is 11.3 Å². The van der Waals surface area contributed by atoms with Crippen LogP contribution in [0.1, 0.15) is 20.3 Å². The Kier molecular flexibility index (Phi) is 3.97. The highest BCUT2D eigenvalue weighted by Crippen LogP contribution is 2.23. The molecule has 2 aromatic rings. The summed E-state index contributed by atoms with van der Waals surface area (Å²) in [5.74, 6) is 1.26. The summed E-state index contributed by atoms with van der Waals surface area (Å²) in [5, 5.41) is 12.1. The van der Waals surface area contributed by atoms with Crippen molar-refractivity contribution in [1.29, 1.82) is 0 Å². The topological polar surface area (TPSA) is 38.0 Å². The van der Waals surface area contributed by atoms with E-state index in [1.54, 1.807) is 17.5 Å². The molecule has 0 amide bonds. The Balaban J connectivity index is 2.15. The van der Waals surface area contributed by atoms with Crippen molar-refractivity contribution in [3.05, 3.63) is 29.9 Å². The fraction of sp³-hybridized carbons (Fsp3) is 0.462. The predicted molar refractivity (Wildman–Crippen MR) is 71.0 cm³/mol. The Morgan fingerprint density at radius 3 is 3.00 bits per heavy atom. The van der Waals surface area contributed by atoms with Gasteiger partial charge >= 0.3 is 0 Å². The van der Waals surface area contributed by atoms with Crippen molar-refractivity contribution in [2.75, 3.05) is 0 Å². The van der Waals surface area contributed by atoms with Gasteiger partial charge in [0, 0.05) is 12.4 Å². The van der Waals surface area contributed by atoms with Crippen LogP contribution in [0.5, 0.6) is 0 Å². The van der Waals surface area contributed by atoms with Crippen molar-refractivity contribution in [3.8, 4) is 10.7 Å². The van der Waals surface area contributed by atoms with Gasteiger partial charge in [0.1, 0.15) is 5.82 Å². The van der Waals surface area contributed by atoms with Crippen molar-refractivity contribution in [2.24, 2.45) is 5.92 Å². The number of aliphatic hydroxyl groups is 1. The standard InChI is InChI=1S/C13H18N2OS/c1-3-10(2)11(16)9-15-7-6-14-13(15)12-5-4-8-17-12/h4-8,10-11,16H,3,9H2,1-2H3. The van der Waals surface area contributed by atoms with Crippen molar-refractivity contribution < 1.29 is 5.11 Å². The number of aromatic nitrogens is 2. The monoisotopic (exact) mass is 250 g/mol. The predicted octanol–water partition coefficient (Wildman–Crippen LogP) is 3.02. The van der Waals surface area contributed by atoms with E-state index in [-0.39, 0.29) is 6.10 Å². The molecule has 0 aliphatic carbocycles. The molecular formula is C13H18N2OS. The smallest absolute Gasteiger partial charge is 0.150 e. The van der Waals surface area contributed by atoms with Crippen LogP contribution in [0.2, 0.25) is 0 Å². The summed E-state index contributed by atoms with van der Waals surface area (Å²) >= 11 is 1.67. The summed E-state index contributed by atoms with van der Waals surface area (Å²) in [6, 6.07) is 4.07. The third-order valence-corrected chi connectivity index (χ3v) is 4.01. The number of imidazole rings is 1. The van der Waals surface area contributed by atoms with Crippen LogP contribution in [0.4, 0.5) is 0 Å². The first-order valence-corrected chi connectivity index (χ1v) is 6.83. The van der Waals surface area contributed by atoms with E-state index in [0.717, 1.165) is 17.1 Å². The lowest BCUT2D eigenvalue weighted by Gasteiger charge is -2.18. The quantitative estimate of drug-likeness (QED) is 0.885. The SMILES string of the molecule is CCC(C)C(O)Cn1ccnc1-c1cccs1. The Hall–Kier alpha value is -1.13. The summed E-state index contributed by atoms with van der Waals surface area (Å²) in [6.07, 6.45) is 4.40. The first-order chi connectivity index (χ1) is 8.22. The van der Waals surface area contributed by atoms with Crippen LogP contribution < -0.4 is 0 Å². The van der Waals surface area contributed by atoms with Gasteiger partial charge < -0.3 is 9.67 Å². The van der Waals surface area contributed by atoms with Gasteiger partial charge in [-0.2, -0.15) is 0 Å². The Morgan fingerprint density at radius 2 is 2.35 bits per heavy atom. The molecule has 0 fully saturated rings. The van der Waals surface area contributed by atoms with Gasteiger partial charge in [-0.1, -0.05) is 26.3 Å². The Bertz CT molecular complexity index is 450. The first-order valence-electron chi connectivity index (χ1n) is 5.95. The normalized spacial score (nSPS) is 14.8. The zero-order valence-corrected chi connectivity index (χ0v) is 11.0. The van der Waals surface area contributed by atoms with E-state index in [4.69, 9.17) is 0 Å². The lowest BCUT2D eigenvalue weighted by Crippen LogP contribution is -2.23. The van der Waals surface area contributed by atoms with E-state index < -0.39 is 0 Å². The maximum Gasteiger partial charge on any atom is 0.150 e. The van der Waals surface area contributed by atoms with Crippen LogP contribution in [0.15, 0.2) is 29.9 Å². The summed E-state index contributed by atoms with van der Waals surface area (Å²) < 4.78 is 2.03. The highest BCUT2D eigenvalue weighted by molar-refractivity contribution is 7.13. The molecule has 1 N–H and O–H groups in total. The fourth-order valence-electron chi connectivity index (χ4n) is 1.74. The van der Waals surface area contributed by atoms with Crippen LogP contribution in [-0.2, 0) is 6.54 Å². The second kappa shape index (κ2) is 5.47. The van der Waals surface area contributed by atoms with Gasteiger partial charge in [0.2, 0.25) is 0 Å². The molecule has 2 unspecified atom stereocenters. The molecule has 0 spiro atoms. The summed E-state index contributed by atoms with van der Waals surface area (Å²) in [6.45, 7) is 4.79. The van der Waals surface area contributed by atoms with Crippen molar-refractivity contribution in [1.82, 2.24) is 9.55 Å². The molecule has 3 nitrogen and oxygen atoms in total. The Morgan fingerprint density at radius 1 is 1.53 bits per heavy atom. The lowest BCUT2D eigenvalue weighted by molar-refractivity contribution is 0.0971. The summed E-state index contributed by atoms with van der Waals surface area (Å²) in [7, 11) is 0. The van der Waals surface area contributed by atoms with E-state index >= 15 is 0 Å². The molecule has 2 aromatic heterocycles. The van der Waals surface area contributed by atoms with Gasteiger partial charge in [0.05, 0.1) is 17.5 Å². The van der Waals surface area contributed by atoms with Crippen LogP contribution in [0.3, 0.4) is 0 Å². The van der Waals surface area contributed by atoms with Gasteiger partial charge in [-0.15, -0.1) is 11.3 Å². The van der Waals surface area contributed by atoms with Gasteiger partial charge in [0.15, 0.2) is 0 Å². The van der Waals surface area contributed by atoms with Crippen LogP contribution in [-0.4, -0.2) is 20.8 Å². The molecule has 0 saturated heterocycles.